The van der Waals surface area contributed by atoms with E-state index in [1.807, 2.05) is 24.0 Å². The number of rotatable bonds is 6. The van der Waals surface area contributed by atoms with Crippen LogP contribution in [0.25, 0.3) is 0 Å². The molecule has 0 bridgehead atoms. The van der Waals surface area contributed by atoms with Crippen molar-refractivity contribution in [3.63, 3.8) is 0 Å². The molecule has 5 heteroatoms. The maximum Gasteiger partial charge on any atom is 0.0834 e. The smallest absolute Gasteiger partial charge is 0.0834 e. The summed E-state index contributed by atoms with van der Waals surface area (Å²) in [5.74, 6) is 0. The minimum atomic E-state index is 0.204. The van der Waals surface area contributed by atoms with Gasteiger partial charge < -0.3 is 5.32 Å². The number of nitrogens with zero attached hydrogens (tertiary/aromatic N) is 3. The fraction of sp³-hybridized carbons (Fsp3) is 0.429. The minimum Gasteiger partial charge on any atom is -0.312 e. The largest absolute Gasteiger partial charge is 0.312 e. The summed E-state index contributed by atoms with van der Waals surface area (Å²) in [6.45, 7) is 2.90. The monoisotopic (exact) mass is 278 g/mol. The fourth-order valence-electron chi connectivity index (χ4n) is 2.25. The number of halogens is 1. The zero-order valence-electron chi connectivity index (χ0n) is 11.3. The number of nitrogens with one attached hydrogen (secondary N) is 1. The zero-order valence-corrected chi connectivity index (χ0v) is 12.1. The fourth-order valence-corrected chi connectivity index (χ4v) is 2.52. The summed E-state index contributed by atoms with van der Waals surface area (Å²) in [6, 6.07) is 4.26. The lowest BCUT2D eigenvalue weighted by molar-refractivity contribution is 0.489. The standard InChI is InChI=1S/C14H19ClN4/c1-3-19-14(12(15)10-18-19)13(16-2)7-6-11-5-4-8-17-9-11/h4-5,8-10,13,16H,3,6-7H2,1-2H3. The molecule has 0 radical (unpaired) electrons. The molecular formula is C14H19ClN4. The molecule has 2 aromatic rings. The third-order valence-electron chi connectivity index (χ3n) is 3.26. The Morgan fingerprint density at radius 2 is 2.26 bits per heavy atom. The molecule has 2 rings (SSSR count). The first kappa shape index (κ1) is 14.0. The average molecular weight is 279 g/mol. The van der Waals surface area contributed by atoms with Crippen LogP contribution in [0.15, 0.2) is 30.7 Å². The Kier molecular flexibility index (Phi) is 4.93. The van der Waals surface area contributed by atoms with Gasteiger partial charge in [0.1, 0.15) is 0 Å². The molecule has 1 atom stereocenters. The van der Waals surface area contributed by atoms with Crippen LogP contribution in [-0.2, 0) is 13.0 Å². The van der Waals surface area contributed by atoms with Crippen molar-refractivity contribution in [3.05, 3.63) is 47.0 Å². The molecule has 1 unspecified atom stereocenters. The van der Waals surface area contributed by atoms with Crippen LogP contribution in [-0.4, -0.2) is 21.8 Å². The molecular weight excluding hydrogens is 260 g/mol. The summed E-state index contributed by atoms with van der Waals surface area (Å²) >= 11 is 6.24. The van der Waals surface area contributed by atoms with E-state index in [1.54, 1.807) is 12.4 Å². The molecule has 1 N–H and O–H groups in total. The average Bonchev–Trinajstić information content (AvgIpc) is 2.82. The Morgan fingerprint density at radius 3 is 2.89 bits per heavy atom. The molecule has 4 nitrogen and oxygen atoms in total. The van der Waals surface area contributed by atoms with Crippen molar-refractivity contribution < 1.29 is 0 Å². The second kappa shape index (κ2) is 6.68. The third-order valence-corrected chi connectivity index (χ3v) is 3.55. The topological polar surface area (TPSA) is 42.7 Å². The van der Waals surface area contributed by atoms with Crippen molar-refractivity contribution in [1.29, 1.82) is 0 Å². The Hall–Kier alpha value is -1.39. The number of aromatic nitrogens is 3. The van der Waals surface area contributed by atoms with E-state index in [2.05, 4.69) is 28.4 Å². The van der Waals surface area contributed by atoms with E-state index in [0.29, 0.717) is 0 Å². The predicted molar refractivity (Wildman–Crippen MR) is 77.3 cm³/mol. The van der Waals surface area contributed by atoms with Crippen LogP contribution in [0.4, 0.5) is 0 Å². The second-order valence-electron chi connectivity index (χ2n) is 4.43. The molecule has 2 heterocycles. The quantitative estimate of drug-likeness (QED) is 0.884. The zero-order chi connectivity index (χ0) is 13.7. The SMILES string of the molecule is CCn1ncc(Cl)c1C(CCc1cccnc1)NC. The third kappa shape index (κ3) is 3.33. The van der Waals surface area contributed by atoms with Gasteiger partial charge in [0.15, 0.2) is 0 Å². The number of hydrogen-bond donors (Lipinski definition) is 1. The van der Waals surface area contributed by atoms with Gasteiger partial charge in [-0.2, -0.15) is 5.10 Å². The van der Waals surface area contributed by atoms with Gasteiger partial charge in [-0.3, -0.25) is 9.67 Å². The highest BCUT2D eigenvalue weighted by atomic mass is 35.5. The first-order valence-corrected chi connectivity index (χ1v) is 6.91. The second-order valence-corrected chi connectivity index (χ2v) is 4.84. The van der Waals surface area contributed by atoms with Gasteiger partial charge in [0.05, 0.1) is 23.0 Å². The van der Waals surface area contributed by atoms with Gasteiger partial charge in [0, 0.05) is 18.9 Å². The van der Waals surface area contributed by atoms with Crippen molar-refractivity contribution in [2.24, 2.45) is 0 Å². The Labute approximate surface area is 118 Å². The van der Waals surface area contributed by atoms with Gasteiger partial charge in [-0.15, -0.1) is 0 Å². The van der Waals surface area contributed by atoms with Crippen LogP contribution in [0.1, 0.15) is 30.6 Å². The van der Waals surface area contributed by atoms with Crippen molar-refractivity contribution in [2.45, 2.75) is 32.4 Å². The summed E-state index contributed by atoms with van der Waals surface area (Å²) in [6.07, 6.45) is 7.35. The highest BCUT2D eigenvalue weighted by molar-refractivity contribution is 6.31. The molecule has 0 aliphatic carbocycles. The van der Waals surface area contributed by atoms with E-state index < -0.39 is 0 Å². The molecule has 0 aliphatic rings. The van der Waals surface area contributed by atoms with Gasteiger partial charge in [-0.1, -0.05) is 17.7 Å². The Morgan fingerprint density at radius 1 is 1.42 bits per heavy atom. The molecule has 0 aromatic carbocycles. The Balaban J connectivity index is 2.10. The minimum absolute atomic E-state index is 0.204. The van der Waals surface area contributed by atoms with Crippen molar-refractivity contribution in [1.82, 2.24) is 20.1 Å². The highest BCUT2D eigenvalue weighted by Gasteiger charge is 2.18. The summed E-state index contributed by atoms with van der Waals surface area (Å²) in [4.78, 5) is 4.14. The van der Waals surface area contributed by atoms with Crippen molar-refractivity contribution in [2.75, 3.05) is 7.05 Å². The summed E-state index contributed by atoms with van der Waals surface area (Å²) in [5, 5.41) is 8.34. The van der Waals surface area contributed by atoms with Gasteiger partial charge in [0.2, 0.25) is 0 Å². The van der Waals surface area contributed by atoms with E-state index >= 15 is 0 Å². The van der Waals surface area contributed by atoms with Crippen LogP contribution in [0.3, 0.4) is 0 Å². The van der Waals surface area contributed by atoms with Crippen molar-refractivity contribution >= 4 is 11.6 Å². The molecule has 0 amide bonds. The lowest BCUT2D eigenvalue weighted by Gasteiger charge is -2.18. The van der Waals surface area contributed by atoms with Crippen LogP contribution < -0.4 is 5.32 Å². The van der Waals surface area contributed by atoms with Crippen LogP contribution in [0, 0.1) is 0 Å². The first-order valence-electron chi connectivity index (χ1n) is 6.53. The molecule has 0 saturated heterocycles. The molecule has 19 heavy (non-hydrogen) atoms. The van der Waals surface area contributed by atoms with Gasteiger partial charge >= 0.3 is 0 Å². The van der Waals surface area contributed by atoms with E-state index in [4.69, 9.17) is 11.6 Å². The van der Waals surface area contributed by atoms with Crippen LogP contribution in [0.5, 0.6) is 0 Å². The molecule has 0 spiro atoms. The summed E-state index contributed by atoms with van der Waals surface area (Å²) < 4.78 is 1.95. The highest BCUT2D eigenvalue weighted by Crippen LogP contribution is 2.26. The van der Waals surface area contributed by atoms with Gasteiger partial charge in [-0.05, 0) is 38.4 Å². The van der Waals surface area contributed by atoms with E-state index in [1.165, 1.54) is 5.56 Å². The van der Waals surface area contributed by atoms with Crippen LogP contribution >= 0.6 is 11.6 Å². The lowest BCUT2D eigenvalue weighted by atomic mass is 10.0. The number of hydrogen-bond acceptors (Lipinski definition) is 3. The van der Waals surface area contributed by atoms with E-state index in [-0.39, 0.29) is 6.04 Å². The molecule has 2 aromatic heterocycles. The normalized spacial score (nSPS) is 12.6. The first-order chi connectivity index (χ1) is 9.26. The maximum absolute atomic E-state index is 6.24. The predicted octanol–water partition coefficient (Wildman–Crippen LogP) is 2.84. The maximum atomic E-state index is 6.24. The number of aryl methyl sites for hydroxylation is 2. The summed E-state index contributed by atoms with van der Waals surface area (Å²) in [5.41, 5.74) is 2.30. The molecule has 0 aliphatic heterocycles. The van der Waals surface area contributed by atoms with E-state index in [0.717, 1.165) is 30.1 Å². The summed E-state index contributed by atoms with van der Waals surface area (Å²) in [7, 11) is 1.96. The van der Waals surface area contributed by atoms with E-state index in [9.17, 15) is 0 Å². The molecule has 102 valence electrons. The molecule has 0 saturated carbocycles. The van der Waals surface area contributed by atoms with Gasteiger partial charge in [0.25, 0.3) is 0 Å². The van der Waals surface area contributed by atoms with Crippen LogP contribution in [0.2, 0.25) is 5.02 Å². The number of pyridine rings is 1. The lowest BCUT2D eigenvalue weighted by Crippen LogP contribution is -2.21. The van der Waals surface area contributed by atoms with Crippen molar-refractivity contribution in [3.8, 4) is 0 Å². The molecule has 0 fully saturated rings. The Bertz CT molecular complexity index is 509. The van der Waals surface area contributed by atoms with Gasteiger partial charge in [-0.25, -0.2) is 0 Å².